The fraction of sp³-hybridized carbons (Fsp3) is 0.286. The molecule has 0 fully saturated rings. The third-order valence-electron chi connectivity index (χ3n) is 4.34. The highest BCUT2D eigenvalue weighted by molar-refractivity contribution is 7.99. The van der Waals surface area contributed by atoms with Crippen molar-refractivity contribution in [2.24, 2.45) is 0 Å². The van der Waals surface area contributed by atoms with Crippen LogP contribution < -0.4 is 10.9 Å². The predicted octanol–water partition coefficient (Wildman–Crippen LogP) is 4.43. The second-order valence-electron chi connectivity index (χ2n) is 6.50. The Balaban J connectivity index is 1.78. The SMILES string of the molecule is CCCn1c(SCC(=O)NC(C)c2ccccc2)nc2cc(Cl)ccc2c1=O. The Kier molecular flexibility index (Phi) is 6.75. The molecule has 0 radical (unpaired) electrons. The lowest BCUT2D eigenvalue weighted by Gasteiger charge is -2.15. The van der Waals surface area contributed by atoms with Gasteiger partial charge >= 0.3 is 0 Å². The molecule has 1 aromatic heterocycles. The van der Waals surface area contributed by atoms with E-state index in [0.29, 0.717) is 27.6 Å². The Morgan fingerprint density at radius 2 is 2.00 bits per heavy atom. The summed E-state index contributed by atoms with van der Waals surface area (Å²) < 4.78 is 1.63. The standard InChI is InChI=1S/C21H22ClN3O2S/c1-3-11-25-20(27)17-10-9-16(22)12-18(17)24-21(25)28-13-19(26)23-14(2)15-7-5-4-6-8-15/h4-10,12,14H,3,11,13H2,1-2H3,(H,23,26). The van der Waals surface area contributed by atoms with Crippen LogP contribution in [-0.2, 0) is 11.3 Å². The van der Waals surface area contributed by atoms with Crippen molar-refractivity contribution in [3.63, 3.8) is 0 Å². The summed E-state index contributed by atoms with van der Waals surface area (Å²) in [6.45, 7) is 4.50. The molecule has 1 unspecified atom stereocenters. The van der Waals surface area contributed by atoms with E-state index < -0.39 is 0 Å². The molecule has 2 aromatic carbocycles. The number of carbonyl (C=O) groups excluding carboxylic acids is 1. The van der Waals surface area contributed by atoms with Crippen LogP contribution in [0.3, 0.4) is 0 Å². The number of rotatable bonds is 7. The zero-order valence-corrected chi connectivity index (χ0v) is 17.4. The van der Waals surface area contributed by atoms with Gasteiger partial charge in [0, 0.05) is 11.6 Å². The average Bonchev–Trinajstić information content (AvgIpc) is 2.69. The molecule has 0 bridgehead atoms. The van der Waals surface area contributed by atoms with Crippen LogP contribution in [0.25, 0.3) is 10.9 Å². The van der Waals surface area contributed by atoms with E-state index in [1.807, 2.05) is 44.2 Å². The third kappa shape index (κ3) is 4.75. The average molecular weight is 416 g/mol. The van der Waals surface area contributed by atoms with Gasteiger partial charge in [-0.2, -0.15) is 0 Å². The Labute approximate surface area is 173 Å². The second kappa shape index (κ2) is 9.26. The number of carbonyl (C=O) groups is 1. The Bertz CT molecular complexity index is 1040. The molecule has 1 amide bonds. The molecule has 28 heavy (non-hydrogen) atoms. The van der Waals surface area contributed by atoms with Crippen LogP contribution in [0.2, 0.25) is 5.02 Å². The van der Waals surface area contributed by atoms with Crippen molar-refractivity contribution < 1.29 is 4.79 Å². The molecule has 1 heterocycles. The van der Waals surface area contributed by atoms with E-state index in [4.69, 9.17) is 11.6 Å². The number of fused-ring (bicyclic) bond motifs is 1. The highest BCUT2D eigenvalue weighted by Gasteiger charge is 2.15. The van der Waals surface area contributed by atoms with Gasteiger partial charge in [0.2, 0.25) is 5.91 Å². The lowest BCUT2D eigenvalue weighted by atomic mass is 10.1. The topological polar surface area (TPSA) is 64.0 Å². The molecule has 0 aliphatic heterocycles. The van der Waals surface area contributed by atoms with Crippen LogP contribution in [0.15, 0.2) is 58.5 Å². The van der Waals surface area contributed by atoms with Crippen molar-refractivity contribution in [1.29, 1.82) is 0 Å². The lowest BCUT2D eigenvalue weighted by Crippen LogP contribution is -2.29. The van der Waals surface area contributed by atoms with Gasteiger partial charge < -0.3 is 5.32 Å². The zero-order chi connectivity index (χ0) is 20.1. The number of hydrogen-bond acceptors (Lipinski definition) is 4. The maximum atomic E-state index is 12.8. The third-order valence-corrected chi connectivity index (χ3v) is 5.55. The van der Waals surface area contributed by atoms with Crippen LogP contribution in [0.4, 0.5) is 0 Å². The summed E-state index contributed by atoms with van der Waals surface area (Å²) in [6.07, 6.45) is 0.797. The van der Waals surface area contributed by atoms with Crippen LogP contribution in [0, 0.1) is 0 Å². The first kappa shape index (κ1) is 20.4. The molecule has 0 saturated carbocycles. The molecule has 3 aromatic rings. The van der Waals surface area contributed by atoms with E-state index in [1.54, 1.807) is 22.8 Å². The molecule has 0 aliphatic rings. The Morgan fingerprint density at radius 1 is 1.25 bits per heavy atom. The van der Waals surface area contributed by atoms with Gasteiger partial charge in [0.05, 0.1) is 22.7 Å². The van der Waals surface area contributed by atoms with Crippen molar-refractivity contribution in [2.75, 3.05) is 5.75 Å². The molecule has 146 valence electrons. The van der Waals surface area contributed by atoms with Gasteiger partial charge in [-0.3, -0.25) is 14.2 Å². The van der Waals surface area contributed by atoms with Crippen molar-refractivity contribution >= 4 is 40.2 Å². The first-order valence-electron chi connectivity index (χ1n) is 9.16. The Morgan fingerprint density at radius 3 is 2.71 bits per heavy atom. The summed E-state index contributed by atoms with van der Waals surface area (Å²) in [7, 11) is 0. The summed E-state index contributed by atoms with van der Waals surface area (Å²) in [6, 6.07) is 14.8. The van der Waals surface area contributed by atoms with Gasteiger partial charge in [-0.1, -0.05) is 60.6 Å². The second-order valence-corrected chi connectivity index (χ2v) is 7.88. The van der Waals surface area contributed by atoms with E-state index in [-0.39, 0.29) is 23.3 Å². The molecule has 0 saturated heterocycles. The summed E-state index contributed by atoms with van der Waals surface area (Å²) in [5, 5.41) is 4.57. The summed E-state index contributed by atoms with van der Waals surface area (Å²) in [4.78, 5) is 29.8. The van der Waals surface area contributed by atoms with Gasteiger partial charge in [0.25, 0.3) is 5.56 Å². The van der Waals surface area contributed by atoms with Gasteiger partial charge in [0.1, 0.15) is 0 Å². The molecule has 1 N–H and O–H groups in total. The number of nitrogens with one attached hydrogen (secondary N) is 1. The molecule has 5 nitrogen and oxygen atoms in total. The number of amides is 1. The normalized spacial score (nSPS) is 12.1. The number of thioether (sulfide) groups is 1. The fourth-order valence-electron chi connectivity index (χ4n) is 2.94. The van der Waals surface area contributed by atoms with E-state index in [2.05, 4.69) is 10.3 Å². The predicted molar refractivity (Wildman–Crippen MR) is 115 cm³/mol. The maximum absolute atomic E-state index is 12.8. The van der Waals surface area contributed by atoms with E-state index >= 15 is 0 Å². The first-order valence-corrected chi connectivity index (χ1v) is 10.5. The van der Waals surface area contributed by atoms with Crippen LogP contribution in [0.1, 0.15) is 31.9 Å². The highest BCUT2D eigenvalue weighted by atomic mass is 35.5. The van der Waals surface area contributed by atoms with Crippen molar-refractivity contribution in [3.8, 4) is 0 Å². The Hall–Kier alpha value is -2.31. The van der Waals surface area contributed by atoms with Gasteiger partial charge in [-0.25, -0.2) is 4.98 Å². The molecular weight excluding hydrogens is 394 g/mol. The first-order chi connectivity index (χ1) is 13.5. The van der Waals surface area contributed by atoms with E-state index in [1.165, 1.54) is 11.8 Å². The number of nitrogens with zero attached hydrogens (tertiary/aromatic N) is 2. The quantitative estimate of drug-likeness (QED) is 0.458. The largest absolute Gasteiger partial charge is 0.349 e. The van der Waals surface area contributed by atoms with Gasteiger partial charge in [0.15, 0.2) is 5.16 Å². The number of benzene rings is 2. The van der Waals surface area contributed by atoms with Crippen molar-refractivity contribution in [2.45, 2.75) is 38.0 Å². The van der Waals surface area contributed by atoms with Crippen molar-refractivity contribution in [1.82, 2.24) is 14.9 Å². The minimum absolute atomic E-state index is 0.0875. The van der Waals surface area contributed by atoms with Crippen molar-refractivity contribution in [3.05, 3.63) is 69.5 Å². The molecule has 1 atom stereocenters. The molecular formula is C21H22ClN3O2S. The molecule has 0 spiro atoms. The van der Waals surface area contributed by atoms with E-state index in [9.17, 15) is 9.59 Å². The smallest absolute Gasteiger partial charge is 0.262 e. The maximum Gasteiger partial charge on any atom is 0.262 e. The summed E-state index contributed by atoms with van der Waals surface area (Å²) in [5.41, 5.74) is 1.48. The summed E-state index contributed by atoms with van der Waals surface area (Å²) in [5.74, 6) is 0.0733. The van der Waals surface area contributed by atoms with Gasteiger partial charge in [-0.05, 0) is 37.1 Å². The monoisotopic (exact) mass is 415 g/mol. The number of aromatic nitrogens is 2. The highest BCUT2D eigenvalue weighted by Crippen LogP contribution is 2.21. The minimum atomic E-state index is -0.107. The molecule has 0 aliphatic carbocycles. The number of halogens is 1. The van der Waals surface area contributed by atoms with Crippen LogP contribution >= 0.6 is 23.4 Å². The summed E-state index contributed by atoms with van der Waals surface area (Å²) >= 11 is 7.31. The number of hydrogen-bond donors (Lipinski definition) is 1. The van der Waals surface area contributed by atoms with Crippen LogP contribution in [-0.4, -0.2) is 21.2 Å². The zero-order valence-electron chi connectivity index (χ0n) is 15.8. The van der Waals surface area contributed by atoms with Crippen LogP contribution in [0.5, 0.6) is 0 Å². The molecule has 7 heteroatoms. The molecule has 3 rings (SSSR count). The van der Waals surface area contributed by atoms with Gasteiger partial charge in [-0.15, -0.1) is 0 Å². The minimum Gasteiger partial charge on any atom is -0.349 e. The lowest BCUT2D eigenvalue weighted by molar-refractivity contribution is -0.119. The fourth-order valence-corrected chi connectivity index (χ4v) is 3.95. The van der Waals surface area contributed by atoms with E-state index in [0.717, 1.165) is 12.0 Å².